The van der Waals surface area contributed by atoms with Gasteiger partial charge in [0.05, 0.1) is 6.20 Å². The highest BCUT2D eigenvalue weighted by Gasteiger charge is 2.14. The fraction of sp³-hybridized carbons (Fsp3) is 0.474. The highest BCUT2D eigenvalue weighted by atomic mass is 16.4. The first-order chi connectivity index (χ1) is 11.2. The quantitative estimate of drug-likeness (QED) is 0.872. The van der Waals surface area contributed by atoms with Crippen molar-refractivity contribution in [2.24, 2.45) is 5.92 Å². The third-order valence-corrected chi connectivity index (χ3v) is 4.72. The van der Waals surface area contributed by atoms with Crippen LogP contribution in [0.25, 0.3) is 11.1 Å². The highest BCUT2D eigenvalue weighted by molar-refractivity contribution is 5.67. The number of rotatable bonds is 6. The molecule has 1 aliphatic carbocycles. The molecule has 1 heterocycles. The zero-order valence-corrected chi connectivity index (χ0v) is 13.4. The van der Waals surface area contributed by atoms with Crippen LogP contribution in [-0.2, 0) is 17.8 Å². The minimum Gasteiger partial charge on any atom is -0.481 e. The second-order valence-corrected chi connectivity index (χ2v) is 6.55. The third-order valence-electron chi connectivity index (χ3n) is 4.72. The lowest BCUT2D eigenvalue weighted by Gasteiger charge is -2.21. The van der Waals surface area contributed by atoms with Crippen LogP contribution in [0.2, 0.25) is 0 Å². The fourth-order valence-corrected chi connectivity index (χ4v) is 3.36. The molecule has 23 heavy (non-hydrogen) atoms. The Morgan fingerprint density at radius 3 is 2.57 bits per heavy atom. The maximum absolute atomic E-state index is 10.6. The van der Waals surface area contributed by atoms with E-state index in [9.17, 15) is 4.79 Å². The van der Waals surface area contributed by atoms with Crippen molar-refractivity contribution in [3.05, 3.63) is 42.2 Å². The van der Waals surface area contributed by atoms with Gasteiger partial charge in [0, 0.05) is 24.7 Å². The maximum Gasteiger partial charge on any atom is 0.303 e. The molecular weight excluding hydrogens is 288 g/mol. The second-order valence-electron chi connectivity index (χ2n) is 6.55. The number of carbonyl (C=O) groups is 1. The third kappa shape index (κ3) is 4.44. The zero-order chi connectivity index (χ0) is 16.1. The van der Waals surface area contributed by atoms with Crippen LogP contribution in [0.15, 0.2) is 36.7 Å². The van der Waals surface area contributed by atoms with Crippen molar-refractivity contribution in [2.75, 3.05) is 0 Å². The Bertz CT molecular complexity index is 640. The molecule has 3 rings (SSSR count). The number of nitrogens with zero attached hydrogens (tertiary/aromatic N) is 2. The van der Waals surface area contributed by atoms with E-state index in [-0.39, 0.29) is 6.42 Å². The summed E-state index contributed by atoms with van der Waals surface area (Å²) in [4.78, 5) is 10.6. The van der Waals surface area contributed by atoms with Crippen LogP contribution >= 0.6 is 0 Å². The number of hydrogen-bond donors (Lipinski definition) is 1. The first-order valence-corrected chi connectivity index (χ1v) is 8.54. The van der Waals surface area contributed by atoms with Gasteiger partial charge in [-0.25, -0.2) is 0 Å². The Morgan fingerprint density at radius 1 is 1.13 bits per heavy atom. The van der Waals surface area contributed by atoms with Crippen LogP contribution in [0.1, 0.15) is 44.1 Å². The maximum atomic E-state index is 10.6. The summed E-state index contributed by atoms with van der Waals surface area (Å²) < 4.78 is 2.07. The molecular formula is C19H24N2O2. The van der Waals surface area contributed by atoms with E-state index >= 15 is 0 Å². The summed E-state index contributed by atoms with van der Waals surface area (Å²) in [5.41, 5.74) is 3.33. The van der Waals surface area contributed by atoms with Crippen LogP contribution in [0.4, 0.5) is 0 Å². The van der Waals surface area contributed by atoms with Crippen molar-refractivity contribution < 1.29 is 9.90 Å². The van der Waals surface area contributed by atoms with Gasteiger partial charge in [0.15, 0.2) is 0 Å². The molecule has 1 fully saturated rings. The topological polar surface area (TPSA) is 55.1 Å². The van der Waals surface area contributed by atoms with Crippen molar-refractivity contribution in [3.8, 4) is 11.1 Å². The molecule has 0 atom stereocenters. The number of aliphatic carboxylic acids is 1. The molecule has 0 saturated heterocycles. The van der Waals surface area contributed by atoms with E-state index in [2.05, 4.69) is 28.1 Å². The molecule has 1 aromatic carbocycles. The average molecular weight is 312 g/mol. The van der Waals surface area contributed by atoms with Crippen LogP contribution in [0.3, 0.4) is 0 Å². The van der Waals surface area contributed by atoms with Gasteiger partial charge < -0.3 is 5.11 Å². The smallest absolute Gasteiger partial charge is 0.303 e. The Balaban J connectivity index is 1.61. The molecule has 122 valence electrons. The van der Waals surface area contributed by atoms with Gasteiger partial charge in [0.2, 0.25) is 0 Å². The Morgan fingerprint density at radius 2 is 1.87 bits per heavy atom. The number of hydrogen-bond acceptors (Lipinski definition) is 2. The summed E-state index contributed by atoms with van der Waals surface area (Å²) in [5.74, 6) is 0.0213. The minimum atomic E-state index is -0.752. The standard InChI is InChI=1S/C19H24N2O2/c22-19(23)11-8-15-6-9-17(10-7-15)18-12-20-21(14-18)13-16-4-2-1-3-5-16/h6-7,9-10,12,14,16H,1-5,8,11,13H2,(H,22,23). The van der Waals surface area contributed by atoms with Crippen LogP contribution in [-0.4, -0.2) is 20.9 Å². The molecule has 0 unspecified atom stereocenters. The number of aromatic nitrogens is 2. The van der Waals surface area contributed by atoms with Crippen LogP contribution < -0.4 is 0 Å². The molecule has 4 heteroatoms. The van der Waals surface area contributed by atoms with Crippen LogP contribution in [0.5, 0.6) is 0 Å². The molecule has 0 amide bonds. The Hall–Kier alpha value is -2.10. The lowest BCUT2D eigenvalue weighted by molar-refractivity contribution is -0.136. The summed E-state index contributed by atoms with van der Waals surface area (Å²) in [6.07, 6.45) is 11.6. The summed E-state index contributed by atoms with van der Waals surface area (Å²) in [5, 5.41) is 13.2. The van der Waals surface area contributed by atoms with E-state index in [1.165, 1.54) is 32.1 Å². The van der Waals surface area contributed by atoms with Gasteiger partial charge in [0.1, 0.15) is 0 Å². The van der Waals surface area contributed by atoms with E-state index in [0.29, 0.717) is 6.42 Å². The van der Waals surface area contributed by atoms with Crippen molar-refractivity contribution >= 4 is 5.97 Å². The van der Waals surface area contributed by atoms with Crippen molar-refractivity contribution in [2.45, 2.75) is 51.5 Å². The van der Waals surface area contributed by atoms with Gasteiger partial charge in [-0.15, -0.1) is 0 Å². The fourth-order valence-electron chi connectivity index (χ4n) is 3.36. The molecule has 1 aromatic heterocycles. The predicted octanol–water partition coefficient (Wildman–Crippen LogP) is 4.15. The van der Waals surface area contributed by atoms with E-state index in [4.69, 9.17) is 5.11 Å². The lowest BCUT2D eigenvalue weighted by atomic mass is 9.89. The monoisotopic (exact) mass is 312 g/mol. The van der Waals surface area contributed by atoms with Gasteiger partial charge in [-0.3, -0.25) is 9.48 Å². The summed E-state index contributed by atoms with van der Waals surface area (Å²) >= 11 is 0. The summed E-state index contributed by atoms with van der Waals surface area (Å²) in [6, 6.07) is 8.13. The van der Waals surface area contributed by atoms with Crippen molar-refractivity contribution in [3.63, 3.8) is 0 Å². The van der Waals surface area contributed by atoms with Gasteiger partial charge in [0.25, 0.3) is 0 Å². The number of carboxylic acid groups (broad SMARTS) is 1. The molecule has 1 N–H and O–H groups in total. The van der Waals surface area contributed by atoms with E-state index in [1.807, 2.05) is 18.3 Å². The van der Waals surface area contributed by atoms with E-state index < -0.39 is 5.97 Å². The van der Waals surface area contributed by atoms with Gasteiger partial charge in [-0.05, 0) is 36.3 Å². The van der Waals surface area contributed by atoms with Crippen molar-refractivity contribution in [1.29, 1.82) is 0 Å². The molecule has 2 aromatic rings. The largest absolute Gasteiger partial charge is 0.481 e. The van der Waals surface area contributed by atoms with Crippen LogP contribution in [0, 0.1) is 5.92 Å². The average Bonchev–Trinajstić information content (AvgIpc) is 3.03. The number of benzene rings is 1. The molecule has 0 radical (unpaired) electrons. The summed E-state index contributed by atoms with van der Waals surface area (Å²) in [6.45, 7) is 1.02. The molecule has 0 bridgehead atoms. The molecule has 0 spiro atoms. The number of carboxylic acids is 1. The molecule has 1 saturated carbocycles. The number of aryl methyl sites for hydroxylation is 1. The SMILES string of the molecule is O=C(O)CCc1ccc(-c2cnn(CC3CCCCC3)c2)cc1. The predicted molar refractivity (Wildman–Crippen MR) is 90.2 cm³/mol. The highest BCUT2D eigenvalue weighted by Crippen LogP contribution is 2.26. The molecule has 0 aliphatic heterocycles. The summed E-state index contributed by atoms with van der Waals surface area (Å²) in [7, 11) is 0. The first-order valence-electron chi connectivity index (χ1n) is 8.54. The Labute approximate surface area is 137 Å². The molecule has 4 nitrogen and oxygen atoms in total. The lowest BCUT2D eigenvalue weighted by Crippen LogP contribution is -2.14. The minimum absolute atomic E-state index is 0.179. The second kappa shape index (κ2) is 7.44. The zero-order valence-electron chi connectivity index (χ0n) is 13.4. The Kier molecular flexibility index (Phi) is 5.11. The van der Waals surface area contributed by atoms with Crippen molar-refractivity contribution in [1.82, 2.24) is 9.78 Å². The normalized spacial score (nSPS) is 15.7. The van der Waals surface area contributed by atoms with Gasteiger partial charge in [-0.2, -0.15) is 5.10 Å². The van der Waals surface area contributed by atoms with Gasteiger partial charge >= 0.3 is 5.97 Å². The van der Waals surface area contributed by atoms with E-state index in [1.54, 1.807) is 0 Å². The van der Waals surface area contributed by atoms with E-state index in [0.717, 1.165) is 29.2 Å². The first kappa shape index (κ1) is 15.8. The van der Waals surface area contributed by atoms with Gasteiger partial charge in [-0.1, -0.05) is 43.5 Å². The molecule has 1 aliphatic rings.